The number of nitrogens with one attached hydrogen (secondary N) is 1. The van der Waals surface area contributed by atoms with E-state index in [2.05, 4.69) is 14.0 Å². The summed E-state index contributed by atoms with van der Waals surface area (Å²) in [5.41, 5.74) is 3.02. The topological polar surface area (TPSA) is 74.0 Å². The van der Waals surface area contributed by atoms with Crippen LogP contribution in [-0.2, 0) is 16.1 Å². The van der Waals surface area contributed by atoms with E-state index >= 15 is 0 Å². The van der Waals surface area contributed by atoms with Crippen LogP contribution in [0, 0.1) is 0 Å². The van der Waals surface area contributed by atoms with E-state index in [4.69, 9.17) is 0 Å². The van der Waals surface area contributed by atoms with E-state index in [0.29, 0.717) is 17.1 Å². The van der Waals surface area contributed by atoms with E-state index in [0.717, 1.165) is 22.6 Å². The van der Waals surface area contributed by atoms with Crippen molar-refractivity contribution < 1.29 is 9.90 Å². The summed E-state index contributed by atoms with van der Waals surface area (Å²) in [7, 11) is 0. The smallest absolute Gasteiger partial charge is 0.234 e. The first-order chi connectivity index (χ1) is 11.2. The van der Waals surface area contributed by atoms with Crippen LogP contribution in [0.25, 0.3) is 0 Å². The van der Waals surface area contributed by atoms with E-state index < -0.39 is 6.10 Å². The summed E-state index contributed by atoms with van der Waals surface area (Å²) in [5.74, 6) is 0.633. The first kappa shape index (κ1) is 15.9. The zero-order valence-electron chi connectivity index (χ0n) is 12.2. The van der Waals surface area contributed by atoms with Gasteiger partial charge in [0.25, 0.3) is 0 Å². The molecule has 2 N–H and O–H groups in total. The maximum absolute atomic E-state index is 12.0. The second-order valence-corrected chi connectivity index (χ2v) is 6.49. The van der Waals surface area contributed by atoms with Crippen molar-refractivity contribution in [1.29, 1.82) is 0 Å². The minimum Gasteiger partial charge on any atom is -0.388 e. The van der Waals surface area contributed by atoms with Gasteiger partial charge in [0.2, 0.25) is 5.91 Å². The number of aliphatic hydroxyl groups is 1. The lowest BCUT2D eigenvalue weighted by molar-refractivity contribution is -0.113. The van der Waals surface area contributed by atoms with Crippen LogP contribution in [0.4, 0.5) is 17.1 Å². The van der Waals surface area contributed by atoms with Gasteiger partial charge in [0.15, 0.2) is 0 Å². The molecule has 0 aromatic heterocycles. The SMILES string of the molecule is O=C(CSCC(O)c1ccccc1)Nc1cccc2c1N=S=N2. The Balaban J connectivity index is 1.49. The molecule has 1 aliphatic rings. The van der Waals surface area contributed by atoms with Gasteiger partial charge in [0, 0.05) is 5.75 Å². The quantitative estimate of drug-likeness (QED) is 0.713. The number of anilines is 1. The predicted octanol–water partition coefficient (Wildman–Crippen LogP) is 3.82. The van der Waals surface area contributed by atoms with Gasteiger partial charge in [-0.05, 0) is 17.7 Å². The van der Waals surface area contributed by atoms with Gasteiger partial charge in [-0.3, -0.25) is 4.79 Å². The molecule has 0 saturated heterocycles. The Kier molecular flexibility index (Phi) is 5.22. The lowest BCUT2D eigenvalue weighted by Gasteiger charge is -2.11. The van der Waals surface area contributed by atoms with E-state index in [1.165, 1.54) is 11.8 Å². The molecule has 2 aromatic carbocycles. The summed E-state index contributed by atoms with van der Waals surface area (Å²) in [6.07, 6.45) is -0.569. The van der Waals surface area contributed by atoms with Crippen molar-refractivity contribution >= 4 is 46.1 Å². The molecular weight excluding hydrogens is 330 g/mol. The van der Waals surface area contributed by atoms with Crippen LogP contribution in [0.3, 0.4) is 0 Å². The van der Waals surface area contributed by atoms with Crippen molar-refractivity contribution in [3.05, 3.63) is 54.1 Å². The minimum absolute atomic E-state index is 0.115. The fraction of sp³-hybridized carbons (Fsp3) is 0.188. The summed E-state index contributed by atoms with van der Waals surface area (Å²) >= 11 is 2.52. The van der Waals surface area contributed by atoms with Crippen LogP contribution in [0.15, 0.2) is 57.3 Å². The Labute approximate surface area is 142 Å². The number of fused-ring (bicyclic) bond motifs is 1. The molecule has 7 heteroatoms. The summed E-state index contributed by atoms with van der Waals surface area (Å²) in [4.78, 5) is 12.0. The van der Waals surface area contributed by atoms with Gasteiger partial charge in [0.05, 0.1) is 28.9 Å². The number of carbonyl (C=O) groups excluding carboxylic acids is 1. The molecule has 1 aliphatic heterocycles. The number of amides is 1. The van der Waals surface area contributed by atoms with Crippen LogP contribution in [0.1, 0.15) is 11.7 Å². The number of aliphatic hydroxyl groups excluding tert-OH is 1. The Bertz CT molecular complexity index is 774. The highest BCUT2D eigenvalue weighted by Crippen LogP contribution is 2.38. The van der Waals surface area contributed by atoms with Gasteiger partial charge in [-0.2, -0.15) is 8.73 Å². The average molecular weight is 345 g/mol. The van der Waals surface area contributed by atoms with Crippen molar-refractivity contribution in [2.24, 2.45) is 8.73 Å². The fourth-order valence-corrected chi connectivity index (χ4v) is 3.47. The third-order valence-electron chi connectivity index (χ3n) is 3.25. The lowest BCUT2D eigenvalue weighted by atomic mass is 10.1. The van der Waals surface area contributed by atoms with Crippen LogP contribution in [0.2, 0.25) is 0 Å². The molecule has 3 rings (SSSR count). The third kappa shape index (κ3) is 4.07. The van der Waals surface area contributed by atoms with Crippen molar-refractivity contribution in [3.8, 4) is 0 Å². The molecule has 1 unspecified atom stereocenters. The number of hydrogen-bond donors (Lipinski definition) is 2. The predicted molar refractivity (Wildman–Crippen MR) is 95.3 cm³/mol. The van der Waals surface area contributed by atoms with Gasteiger partial charge in [0.1, 0.15) is 11.4 Å². The second kappa shape index (κ2) is 7.54. The van der Waals surface area contributed by atoms with Crippen molar-refractivity contribution in [1.82, 2.24) is 0 Å². The molecule has 0 spiro atoms. The maximum Gasteiger partial charge on any atom is 0.234 e. The highest BCUT2D eigenvalue weighted by Gasteiger charge is 2.13. The molecule has 1 atom stereocenters. The maximum atomic E-state index is 12.0. The fourth-order valence-electron chi connectivity index (χ4n) is 2.13. The first-order valence-electron chi connectivity index (χ1n) is 7.06. The number of carbonyl (C=O) groups is 1. The molecule has 118 valence electrons. The van der Waals surface area contributed by atoms with Gasteiger partial charge >= 0.3 is 0 Å². The van der Waals surface area contributed by atoms with Gasteiger partial charge < -0.3 is 10.4 Å². The monoisotopic (exact) mass is 345 g/mol. The van der Waals surface area contributed by atoms with Crippen molar-refractivity contribution in [2.75, 3.05) is 16.8 Å². The molecule has 0 fully saturated rings. The van der Waals surface area contributed by atoms with Crippen molar-refractivity contribution in [3.63, 3.8) is 0 Å². The molecule has 1 heterocycles. The molecule has 0 radical (unpaired) electrons. The number of benzene rings is 2. The van der Waals surface area contributed by atoms with E-state index in [1.54, 1.807) is 0 Å². The average Bonchev–Trinajstić information content (AvgIpc) is 3.05. The van der Waals surface area contributed by atoms with Gasteiger partial charge in [-0.1, -0.05) is 36.4 Å². The molecule has 2 aromatic rings. The molecule has 0 aliphatic carbocycles. The Hall–Kier alpha value is -1.96. The molecule has 5 nitrogen and oxygen atoms in total. The number of hydrogen-bond acceptors (Lipinski definition) is 5. The molecule has 23 heavy (non-hydrogen) atoms. The summed E-state index contributed by atoms with van der Waals surface area (Å²) in [5, 5.41) is 12.9. The molecule has 0 saturated carbocycles. The van der Waals surface area contributed by atoms with E-state index in [9.17, 15) is 9.90 Å². The summed E-state index contributed by atoms with van der Waals surface area (Å²) in [6.45, 7) is 0. The first-order valence-corrected chi connectivity index (χ1v) is 8.94. The molecular formula is C16H15N3O2S2. The number of thioether (sulfide) groups is 1. The van der Waals surface area contributed by atoms with E-state index in [1.807, 2.05) is 48.5 Å². The lowest BCUT2D eigenvalue weighted by Crippen LogP contribution is -2.15. The summed E-state index contributed by atoms with van der Waals surface area (Å²) < 4.78 is 8.34. The highest BCUT2D eigenvalue weighted by atomic mass is 32.2. The third-order valence-corrected chi connectivity index (χ3v) is 4.81. The van der Waals surface area contributed by atoms with Gasteiger partial charge in [-0.15, -0.1) is 11.8 Å². The molecule has 1 amide bonds. The number of rotatable bonds is 6. The van der Waals surface area contributed by atoms with Crippen LogP contribution >= 0.6 is 11.8 Å². The van der Waals surface area contributed by atoms with Crippen LogP contribution < -0.4 is 5.32 Å². The second-order valence-electron chi connectivity index (χ2n) is 4.93. The number of nitrogens with zero attached hydrogens (tertiary/aromatic N) is 2. The Morgan fingerprint density at radius 2 is 2.00 bits per heavy atom. The van der Waals surface area contributed by atoms with Crippen LogP contribution in [0.5, 0.6) is 0 Å². The Morgan fingerprint density at radius 3 is 2.83 bits per heavy atom. The van der Waals surface area contributed by atoms with E-state index in [-0.39, 0.29) is 11.7 Å². The van der Waals surface area contributed by atoms with Crippen molar-refractivity contribution in [2.45, 2.75) is 6.10 Å². The van der Waals surface area contributed by atoms with Gasteiger partial charge in [-0.25, -0.2) is 0 Å². The normalized spacial score (nSPS) is 13.3. The van der Waals surface area contributed by atoms with Crippen LogP contribution in [-0.4, -0.2) is 22.5 Å². The Morgan fingerprint density at radius 1 is 1.17 bits per heavy atom. The minimum atomic E-state index is -0.569. The standard InChI is InChI=1S/C16H15N3O2S2/c20-14(11-5-2-1-3-6-11)9-22-10-15(21)17-12-7-4-8-13-16(12)19-23-18-13/h1-8,14,20H,9-10H2,(H,17,21). The summed E-state index contributed by atoms with van der Waals surface area (Å²) in [6, 6.07) is 14.9. The molecule has 0 bridgehead atoms. The zero-order valence-corrected chi connectivity index (χ0v) is 13.8. The largest absolute Gasteiger partial charge is 0.388 e. The highest BCUT2D eigenvalue weighted by molar-refractivity contribution is 8.00. The zero-order chi connectivity index (χ0) is 16.1.